The number of methoxy groups -OCH3 is 1. The summed E-state index contributed by atoms with van der Waals surface area (Å²) >= 11 is 4.50. The van der Waals surface area contributed by atoms with Crippen LogP contribution in [0.1, 0.15) is 31.2 Å². The van der Waals surface area contributed by atoms with Crippen LogP contribution in [0.5, 0.6) is 5.75 Å². The molecule has 0 radical (unpaired) electrons. The summed E-state index contributed by atoms with van der Waals surface area (Å²) in [5, 5.41) is 0. The zero-order chi connectivity index (χ0) is 22.1. The molecule has 0 spiro atoms. The Balaban J connectivity index is 2.00. The number of allylic oxidation sites excluding steroid dienone is 1. The Bertz CT molecular complexity index is 1360. The van der Waals surface area contributed by atoms with Crippen molar-refractivity contribution < 1.29 is 18.7 Å². The summed E-state index contributed by atoms with van der Waals surface area (Å²) in [5.41, 5.74) is 1.21. The van der Waals surface area contributed by atoms with Gasteiger partial charge in [-0.25, -0.2) is 9.79 Å². The van der Waals surface area contributed by atoms with Crippen molar-refractivity contribution in [2.75, 3.05) is 13.7 Å². The molecule has 0 bridgehead atoms. The molecular weight excluding hydrogens is 484 g/mol. The lowest BCUT2D eigenvalue weighted by Gasteiger charge is -2.25. The normalized spacial score (nSPS) is 16.1. The number of ether oxygens (including phenoxy) is 2. The van der Waals surface area contributed by atoms with Crippen molar-refractivity contribution >= 4 is 39.3 Å². The second-order valence-electron chi connectivity index (χ2n) is 6.69. The molecule has 31 heavy (non-hydrogen) atoms. The van der Waals surface area contributed by atoms with Crippen molar-refractivity contribution in [3.63, 3.8) is 0 Å². The zero-order valence-electron chi connectivity index (χ0n) is 17.0. The number of para-hydroxylation sites is 1. The van der Waals surface area contributed by atoms with E-state index in [1.54, 1.807) is 45.2 Å². The number of fused-ring (bicyclic) bond motifs is 1. The van der Waals surface area contributed by atoms with Crippen molar-refractivity contribution in [2.24, 2.45) is 4.99 Å². The van der Waals surface area contributed by atoms with E-state index in [-0.39, 0.29) is 12.2 Å². The number of nitrogens with zero attached hydrogens (tertiary/aromatic N) is 2. The summed E-state index contributed by atoms with van der Waals surface area (Å²) in [6.45, 7) is 3.70. The van der Waals surface area contributed by atoms with Gasteiger partial charge >= 0.3 is 5.97 Å². The maximum Gasteiger partial charge on any atom is 0.338 e. The highest BCUT2D eigenvalue weighted by atomic mass is 79.9. The Kier molecular flexibility index (Phi) is 5.97. The van der Waals surface area contributed by atoms with Crippen LogP contribution >= 0.6 is 27.3 Å². The molecule has 4 rings (SSSR count). The third-order valence-electron chi connectivity index (χ3n) is 4.82. The monoisotopic (exact) mass is 502 g/mol. The number of aromatic nitrogens is 1. The molecule has 1 aromatic carbocycles. The van der Waals surface area contributed by atoms with E-state index in [4.69, 9.17) is 13.9 Å². The molecule has 160 valence electrons. The number of hydrogen-bond acceptors (Lipinski definition) is 7. The first-order valence-electron chi connectivity index (χ1n) is 9.52. The minimum atomic E-state index is -0.725. The van der Waals surface area contributed by atoms with E-state index in [0.717, 1.165) is 0 Å². The lowest BCUT2D eigenvalue weighted by Crippen LogP contribution is -2.40. The standard InChI is InChI=1S/C22H19BrN2O5S/c1-4-29-21(27)18-12(2)24-22-25(19(18)14-7-5-6-8-15(14)28-3)20(26)16(31-22)11-13-9-10-17(23)30-13/h5-11,19H,4H2,1-3H3/b16-11+/t19-/m0/s1. The van der Waals surface area contributed by atoms with Crippen molar-refractivity contribution in [3.8, 4) is 5.75 Å². The number of carbonyl (C=O) groups is 1. The highest BCUT2D eigenvalue weighted by Crippen LogP contribution is 2.35. The average molecular weight is 503 g/mol. The fourth-order valence-corrected chi connectivity index (χ4v) is 4.86. The summed E-state index contributed by atoms with van der Waals surface area (Å²) < 4.78 is 18.9. The number of rotatable bonds is 5. The van der Waals surface area contributed by atoms with Gasteiger partial charge in [-0.3, -0.25) is 9.36 Å². The van der Waals surface area contributed by atoms with Gasteiger partial charge < -0.3 is 13.9 Å². The predicted octanol–water partition coefficient (Wildman–Crippen LogP) is 3.16. The number of hydrogen-bond donors (Lipinski definition) is 0. The maximum atomic E-state index is 13.5. The predicted molar refractivity (Wildman–Crippen MR) is 120 cm³/mol. The first-order valence-corrected chi connectivity index (χ1v) is 11.1. The maximum absolute atomic E-state index is 13.5. The molecule has 0 aliphatic carbocycles. The highest BCUT2D eigenvalue weighted by molar-refractivity contribution is 9.10. The molecule has 3 aromatic rings. The van der Waals surface area contributed by atoms with Crippen LogP contribution in [-0.2, 0) is 9.53 Å². The number of carbonyl (C=O) groups excluding carboxylic acids is 1. The quantitative estimate of drug-likeness (QED) is 0.500. The summed E-state index contributed by atoms with van der Waals surface area (Å²) in [7, 11) is 1.55. The zero-order valence-corrected chi connectivity index (χ0v) is 19.5. The molecule has 3 heterocycles. The van der Waals surface area contributed by atoms with Gasteiger partial charge in [0, 0.05) is 11.6 Å². The van der Waals surface area contributed by atoms with Gasteiger partial charge in [0.25, 0.3) is 5.56 Å². The Morgan fingerprint density at radius 1 is 1.32 bits per heavy atom. The van der Waals surface area contributed by atoms with Gasteiger partial charge in [0.1, 0.15) is 17.6 Å². The molecule has 0 unspecified atom stereocenters. The van der Waals surface area contributed by atoms with E-state index in [1.807, 2.05) is 18.2 Å². The minimum absolute atomic E-state index is 0.214. The number of esters is 1. The van der Waals surface area contributed by atoms with Crippen LogP contribution in [0.15, 0.2) is 66.5 Å². The first-order chi connectivity index (χ1) is 14.9. The SMILES string of the molecule is CCOC(=O)C1=C(C)N=c2s/c(=C/c3ccc(Br)o3)c(=O)n2[C@H]1c1ccccc1OC. The Hall–Kier alpha value is -2.91. The van der Waals surface area contributed by atoms with Crippen LogP contribution in [0.3, 0.4) is 0 Å². The van der Waals surface area contributed by atoms with Crippen molar-refractivity contribution in [1.82, 2.24) is 4.57 Å². The molecule has 0 amide bonds. The average Bonchev–Trinajstić information content (AvgIpc) is 3.29. The molecule has 1 atom stereocenters. The second kappa shape index (κ2) is 8.68. The number of halogens is 1. The lowest BCUT2D eigenvalue weighted by atomic mass is 9.95. The van der Waals surface area contributed by atoms with Gasteiger partial charge in [-0.05, 0) is 48.0 Å². The molecule has 1 aliphatic rings. The number of benzene rings is 1. The second-order valence-corrected chi connectivity index (χ2v) is 8.48. The molecule has 0 saturated heterocycles. The summed E-state index contributed by atoms with van der Waals surface area (Å²) in [5.74, 6) is 0.588. The van der Waals surface area contributed by atoms with E-state index < -0.39 is 12.0 Å². The van der Waals surface area contributed by atoms with Gasteiger partial charge in [-0.2, -0.15) is 0 Å². The van der Waals surface area contributed by atoms with Crippen molar-refractivity contribution in [2.45, 2.75) is 19.9 Å². The molecule has 0 N–H and O–H groups in total. The van der Waals surface area contributed by atoms with Crippen LogP contribution in [0.25, 0.3) is 6.08 Å². The smallest absolute Gasteiger partial charge is 0.338 e. The minimum Gasteiger partial charge on any atom is -0.496 e. The third kappa shape index (κ3) is 3.90. The van der Waals surface area contributed by atoms with Gasteiger partial charge in [0.05, 0.1) is 29.5 Å². The van der Waals surface area contributed by atoms with Gasteiger partial charge in [0.15, 0.2) is 9.47 Å². The molecule has 1 aliphatic heterocycles. The topological polar surface area (TPSA) is 83.0 Å². The van der Waals surface area contributed by atoms with Crippen LogP contribution < -0.4 is 19.6 Å². The van der Waals surface area contributed by atoms with Crippen LogP contribution in [-0.4, -0.2) is 24.3 Å². The highest BCUT2D eigenvalue weighted by Gasteiger charge is 2.34. The van der Waals surface area contributed by atoms with Crippen molar-refractivity contribution in [1.29, 1.82) is 0 Å². The third-order valence-corrected chi connectivity index (χ3v) is 6.23. The van der Waals surface area contributed by atoms with Gasteiger partial charge in [0.2, 0.25) is 0 Å². The van der Waals surface area contributed by atoms with Crippen LogP contribution in [0.4, 0.5) is 0 Å². The van der Waals surface area contributed by atoms with Gasteiger partial charge in [-0.1, -0.05) is 29.5 Å². The fourth-order valence-electron chi connectivity index (χ4n) is 3.51. The Morgan fingerprint density at radius 2 is 2.10 bits per heavy atom. The Labute approximate surface area is 190 Å². The fraction of sp³-hybridized carbons (Fsp3) is 0.227. The lowest BCUT2D eigenvalue weighted by molar-refractivity contribution is -0.139. The summed E-state index contributed by atoms with van der Waals surface area (Å²) in [6.07, 6.45) is 1.66. The molecule has 9 heteroatoms. The van der Waals surface area contributed by atoms with E-state index in [9.17, 15) is 9.59 Å². The van der Waals surface area contributed by atoms with E-state index in [2.05, 4.69) is 20.9 Å². The van der Waals surface area contributed by atoms with Crippen LogP contribution in [0.2, 0.25) is 0 Å². The number of thiazole rings is 1. The molecular formula is C22H19BrN2O5S. The summed E-state index contributed by atoms with van der Waals surface area (Å²) in [6, 6.07) is 10.1. The van der Waals surface area contributed by atoms with Crippen LogP contribution in [0, 0.1) is 0 Å². The number of furan rings is 1. The first kappa shape index (κ1) is 21.3. The summed E-state index contributed by atoms with van der Waals surface area (Å²) in [4.78, 5) is 31.4. The van der Waals surface area contributed by atoms with E-state index in [0.29, 0.717) is 42.3 Å². The van der Waals surface area contributed by atoms with E-state index in [1.165, 1.54) is 15.9 Å². The molecule has 7 nitrogen and oxygen atoms in total. The van der Waals surface area contributed by atoms with E-state index >= 15 is 0 Å². The molecule has 2 aromatic heterocycles. The van der Waals surface area contributed by atoms with Gasteiger partial charge in [-0.15, -0.1) is 0 Å². The largest absolute Gasteiger partial charge is 0.496 e. The Morgan fingerprint density at radius 3 is 2.77 bits per heavy atom. The van der Waals surface area contributed by atoms with Crippen molar-refractivity contribution in [3.05, 3.63) is 83.3 Å². The molecule has 0 saturated carbocycles. The molecule has 0 fully saturated rings.